The van der Waals surface area contributed by atoms with Crippen molar-refractivity contribution in [1.82, 2.24) is 0 Å². The third-order valence-electron chi connectivity index (χ3n) is 3.89. The van der Waals surface area contributed by atoms with Crippen molar-refractivity contribution >= 4 is 11.0 Å². The zero-order valence-corrected chi connectivity index (χ0v) is 12.8. The molecule has 2 heteroatoms. The summed E-state index contributed by atoms with van der Waals surface area (Å²) in [5.41, 5.74) is 9.76. The van der Waals surface area contributed by atoms with Crippen LogP contribution in [0.5, 0.6) is 0 Å². The van der Waals surface area contributed by atoms with E-state index in [4.69, 9.17) is 10.2 Å². The summed E-state index contributed by atoms with van der Waals surface area (Å²) in [6, 6.07) is 18.3. The quantitative estimate of drug-likeness (QED) is 0.733. The van der Waals surface area contributed by atoms with E-state index in [2.05, 4.69) is 45.0 Å². The van der Waals surface area contributed by atoms with Gasteiger partial charge in [0.15, 0.2) is 0 Å². The number of fused-ring (bicyclic) bond motifs is 1. The van der Waals surface area contributed by atoms with Crippen molar-refractivity contribution in [2.45, 2.75) is 32.2 Å². The maximum atomic E-state index is 6.35. The van der Waals surface area contributed by atoms with Gasteiger partial charge in [-0.3, -0.25) is 0 Å². The average Bonchev–Trinajstić information content (AvgIpc) is 2.89. The first-order valence-electron chi connectivity index (χ1n) is 7.29. The summed E-state index contributed by atoms with van der Waals surface area (Å²) in [5.74, 6) is 0.805. The van der Waals surface area contributed by atoms with E-state index >= 15 is 0 Å². The molecule has 1 heterocycles. The van der Waals surface area contributed by atoms with E-state index in [0.717, 1.165) is 22.3 Å². The third kappa shape index (κ3) is 2.72. The smallest absolute Gasteiger partial charge is 0.134 e. The van der Waals surface area contributed by atoms with Crippen molar-refractivity contribution in [1.29, 1.82) is 0 Å². The Kier molecular flexibility index (Phi) is 3.34. The second-order valence-electron chi connectivity index (χ2n) is 6.54. The van der Waals surface area contributed by atoms with Gasteiger partial charge in [0.1, 0.15) is 11.3 Å². The van der Waals surface area contributed by atoms with E-state index in [1.165, 1.54) is 5.56 Å². The molecule has 0 spiro atoms. The van der Waals surface area contributed by atoms with Crippen molar-refractivity contribution in [3.05, 3.63) is 71.5 Å². The number of benzene rings is 2. The minimum atomic E-state index is -0.230. The van der Waals surface area contributed by atoms with Gasteiger partial charge in [-0.05, 0) is 28.7 Å². The first kappa shape index (κ1) is 13.9. The van der Waals surface area contributed by atoms with Gasteiger partial charge in [-0.25, -0.2) is 0 Å². The fraction of sp³-hybridized carbons (Fsp3) is 0.263. The normalized spacial score (nSPS) is 13.5. The molecule has 108 valence electrons. The Hall–Kier alpha value is -2.06. The summed E-state index contributed by atoms with van der Waals surface area (Å²) in [5, 5.41) is 1.09. The fourth-order valence-corrected chi connectivity index (χ4v) is 2.51. The second-order valence-corrected chi connectivity index (χ2v) is 6.54. The zero-order valence-electron chi connectivity index (χ0n) is 12.8. The summed E-state index contributed by atoms with van der Waals surface area (Å²) in [6.07, 6.45) is 0. The summed E-state index contributed by atoms with van der Waals surface area (Å²) in [4.78, 5) is 0. The molecule has 1 unspecified atom stereocenters. The zero-order chi connectivity index (χ0) is 15.0. The van der Waals surface area contributed by atoms with Gasteiger partial charge >= 0.3 is 0 Å². The minimum absolute atomic E-state index is 0.155. The molecule has 2 N–H and O–H groups in total. The molecule has 0 amide bonds. The van der Waals surface area contributed by atoms with Crippen LogP contribution in [0.4, 0.5) is 0 Å². The van der Waals surface area contributed by atoms with E-state index in [1.807, 2.05) is 30.3 Å². The highest BCUT2D eigenvalue weighted by atomic mass is 16.3. The molecule has 3 rings (SSSR count). The lowest BCUT2D eigenvalue weighted by Gasteiger charge is -2.20. The van der Waals surface area contributed by atoms with Crippen molar-refractivity contribution in [3.63, 3.8) is 0 Å². The van der Waals surface area contributed by atoms with E-state index in [-0.39, 0.29) is 11.5 Å². The molecule has 0 radical (unpaired) electrons. The van der Waals surface area contributed by atoms with Crippen LogP contribution in [0.15, 0.2) is 59.0 Å². The van der Waals surface area contributed by atoms with Gasteiger partial charge in [0.05, 0.1) is 6.04 Å². The molecule has 0 aliphatic heterocycles. The van der Waals surface area contributed by atoms with Crippen LogP contribution in [-0.2, 0) is 5.41 Å². The SMILES string of the molecule is CC(C)(C)c1ccc(C(N)c2cc3ccccc3o2)cc1. The lowest BCUT2D eigenvalue weighted by Crippen LogP contribution is -2.13. The first-order chi connectivity index (χ1) is 9.95. The predicted octanol–water partition coefficient (Wildman–Crippen LogP) is 4.78. The molecule has 1 aromatic heterocycles. The number of para-hydroxylation sites is 1. The molecule has 0 aliphatic rings. The topological polar surface area (TPSA) is 39.2 Å². The Morgan fingerprint density at radius 2 is 1.62 bits per heavy atom. The predicted molar refractivity (Wildman–Crippen MR) is 87.4 cm³/mol. The van der Waals surface area contributed by atoms with Gasteiger partial charge < -0.3 is 10.2 Å². The van der Waals surface area contributed by atoms with Gasteiger partial charge in [0.25, 0.3) is 0 Å². The molecule has 2 aromatic carbocycles. The number of hydrogen-bond donors (Lipinski definition) is 1. The molecule has 0 saturated heterocycles. The molecule has 0 bridgehead atoms. The van der Waals surface area contributed by atoms with Crippen LogP contribution < -0.4 is 5.73 Å². The van der Waals surface area contributed by atoms with E-state index < -0.39 is 0 Å². The highest BCUT2D eigenvalue weighted by Crippen LogP contribution is 2.28. The Balaban J connectivity index is 1.92. The second kappa shape index (κ2) is 5.05. The van der Waals surface area contributed by atoms with E-state index in [1.54, 1.807) is 0 Å². The number of nitrogens with two attached hydrogens (primary N) is 1. The van der Waals surface area contributed by atoms with Gasteiger partial charge in [0, 0.05) is 5.39 Å². The van der Waals surface area contributed by atoms with Gasteiger partial charge in [0.2, 0.25) is 0 Å². The largest absolute Gasteiger partial charge is 0.459 e. The van der Waals surface area contributed by atoms with Crippen molar-refractivity contribution < 1.29 is 4.42 Å². The molecule has 0 aliphatic carbocycles. The molecule has 3 aromatic rings. The number of furan rings is 1. The summed E-state index contributed by atoms with van der Waals surface area (Å²) >= 11 is 0. The standard InChI is InChI=1S/C19H21NO/c1-19(2,3)15-10-8-13(9-11-15)18(20)17-12-14-6-4-5-7-16(14)21-17/h4-12,18H,20H2,1-3H3. The molecule has 2 nitrogen and oxygen atoms in total. The lowest BCUT2D eigenvalue weighted by atomic mass is 9.86. The van der Waals surface area contributed by atoms with Crippen LogP contribution in [0, 0.1) is 0 Å². The van der Waals surface area contributed by atoms with Crippen molar-refractivity contribution in [2.75, 3.05) is 0 Å². The highest BCUT2D eigenvalue weighted by Gasteiger charge is 2.17. The summed E-state index contributed by atoms with van der Waals surface area (Å²) in [6.45, 7) is 6.63. The van der Waals surface area contributed by atoms with Crippen molar-refractivity contribution in [2.24, 2.45) is 5.73 Å². The van der Waals surface area contributed by atoms with Crippen molar-refractivity contribution in [3.8, 4) is 0 Å². The van der Waals surface area contributed by atoms with E-state index in [0.29, 0.717) is 0 Å². The Morgan fingerprint density at radius 1 is 0.952 bits per heavy atom. The Labute approximate surface area is 125 Å². The molecule has 21 heavy (non-hydrogen) atoms. The summed E-state index contributed by atoms with van der Waals surface area (Å²) < 4.78 is 5.86. The fourth-order valence-electron chi connectivity index (χ4n) is 2.51. The molecule has 0 fully saturated rings. The molecule has 1 atom stereocenters. The average molecular weight is 279 g/mol. The molecular weight excluding hydrogens is 258 g/mol. The van der Waals surface area contributed by atoms with Crippen LogP contribution >= 0.6 is 0 Å². The Morgan fingerprint density at radius 3 is 2.24 bits per heavy atom. The Bertz CT molecular complexity index is 714. The van der Waals surface area contributed by atoms with Crippen LogP contribution in [0.2, 0.25) is 0 Å². The van der Waals surface area contributed by atoms with Gasteiger partial charge in [-0.1, -0.05) is 63.2 Å². The van der Waals surface area contributed by atoms with Crippen LogP contribution in [0.1, 0.15) is 43.7 Å². The van der Waals surface area contributed by atoms with Crippen LogP contribution in [0.3, 0.4) is 0 Å². The summed E-state index contributed by atoms with van der Waals surface area (Å²) in [7, 11) is 0. The lowest BCUT2D eigenvalue weighted by molar-refractivity contribution is 0.524. The van der Waals surface area contributed by atoms with Crippen LogP contribution in [0.25, 0.3) is 11.0 Å². The maximum Gasteiger partial charge on any atom is 0.134 e. The van der Waals surface area contributed by atoms with Crippen LogP contribution in [-0.4, -0.2) is 0 Å². The molecule has 0 saturated carbocycles. The maximum absolute atomic E-state index is 6.35. The number of hydrogen-bond acceptors (Lipinski definition) is 2. The van der Waals surface area contributed by atoms with E-state index in [9.17, 15) is 0 Å². The van der Waals surface area contributed by atoms with Gasteiger partial charge in [-0.2, -0.15) is 0 Å². The number of rotatable bonds is 2. The van der Waals surface area contributed by atoms with Gasteiger partial charge in [-0.15, -0.1) is 0 Å². The monoisotopic (exact) mass is 279 g/mol. The minimum Gasteiger partial charge on any atom is -0.459 e. The highest BCUT2D eigenvalue weighted by molar-refractivity contribution is 5.77. The first-order valence-corrected chi connectivity index (χ1v) is 7.29. The molecular formula is C19H21NO. The third-order valence-corrected chi connectivity index (χ3v) is 3.89.